The average molecular weight is 332 g/mol. The largest absolute Gasteiger partial charge is 0.345 e. The molecule has 1 saturated carbocycles. The van der Waals surface area contributed by atoms with Gasteiger partial charge in [0.1, 0.15) is 6.04 Å². The lowest BCUT2D eigenvalue weighted by molar-refractivity contribution is -0.137. The second-order valence-corrected chi connectivity index (χ2v) is 6.68. The summed E-state index contributed by atoms with van der Waals surface area (Å²) in [7, 11) is 0. The van der Waals surface area contributed by atoms with Gasteiger partial charge in [-0.2, -0.15) is 0 Å². The van der Waals surface area contributed by atoms with Gasteiger partial charge in [0, 0.05) is 25.6 Å². The molecule has 3 N–H and O–H groups in total. The lowest BCUT2D eigenvalue weighted by atomic mass is 9.87. The molecule has 0 radical (unpaired) electrons. The summed E-state index contributed by atoms with van der Waals surface area (Å²) < 4.78 is 0. The van der Waals surface area contributed by atoms with Crippen molar-refractivity contribution in [2.75, 3.05) is 13.1 Å². The summed E-state index contributed by atoms with van der Waals surface area (Å²) in [5, 5.41) is 2.87. The Morgan fingerprint density at radius 3 is 2.50 bits per heavy atom. The van der Waals surface area contributed by atoms with E-state index in [1.807, 2.05) is 0 Å². The highest BCUT2D eigenvalue weighted by Gasteiger charge is 2.26. The summed E-state index contributed by atoms with van der Waals surface area (Å²) in [6, 6.07) is -0.362. The van der Waals surface area contributed by atoms with Crippen LogP contribution in [-0.4, -0.2) is 41.9 Å². The molecule has 0 bridgehead atoms. The van der Waals surface area contributed by atoms with Crippen LogP contribution >= 0.6 is 12.4 Å². The van der Waals surface area contributed by atoms with E-state index in [1.54, 1.807) is 11.8 Å². The van der Waals surface area contributed by atoms with E-state index in [-0.39, 0.29) is 30.3 Å². The van der Waals surface area contributed by atoms with Crippen molar-refractivity contribution in [3.05, 3.63) is 0 Å². The Balaban J connectivity index is 0.00000242. The number of halogens is 1. The summed E-state index contributed by atoms with van der Waals surface area (Å²) in [5.74, 6) is 0.524. The average Bonchev–Trinajstić information content (AvgIpc) is 2.47. The van der Waals surface area contributed by atoms with Gasteiger partial charge in [0.25, 0.3) is 0 Å². The Morgan fingerprint density at radius 2 is 1.86 bits per heavy atom. The fourth-order valence-electron chi connectivity index (χ4n) is 3.50. The SMILES string of the molecule is CC(NC(=O)CC1CCCCC1)C(=O)N1CCCC(N)C1.Cl. The molecule has 2 aliphatic rings. The second kappa shape index (κ2) is 9.36. The molecule has 2 rings (SSSR count). The molecule has 1 aliphatic heterocycles. The number of nitrogens with two attached hydrogens (primary N) is 1. The first-order chi connectivity index (χ1) is 10.1. The highest BCUT2D eigenvalue weighted by molar-refractivity contribution is 5.87. The molecule has 128 valence electrons. The van der Waals surface area contributed by atoms with Gasteiger partial charge in [0.05, 0.1) is 0 Å². The molecule has 2 fully saturated rings. The van der Waals surface area contributed by atoms with Gasteiger partial charge in [-0.05, 0) is 38.5 Å². The van der Waals surface area contributed by atoms with Crippen LogP contribution in [0.5, 0.6) is 0 Å². The summed E-state index contributed by atoms with van der Waals surface area (Å²) in [6.07, 6.45) is 8.56. The Bertz CT molecular complexity index is 372. The van der Waals surface area contributed by atoms with Gasteiger partial charge in [-0.15, -0.1) is 12.4 Å². The van der Waals surface area contributed by atoms with E-state index < -0.39 is 6.04 Å². The van der Waals surface area contributed by atoms with Crippen LogP contribution in [-0.2, 0) is 9.59 Å². The third-order valence-corrected chi connectivity index (χ3v) is 4.72. The molecule has 1 saturated heterocycles. The third kappa shape index (κ3) is 5.76. The number of rotatable bonds is 4. The van der Waals surface area contributed by atoms with E-state index in [0.29, 0.717) is 18.9 Å². The maximum Gasteiger partial charge on any atom is 0.244 e. The maximum atomic E-state index is 12.3. The van der Waals surface area contributed by atoms with Crippen molar-refractivity contribution >= 4 is 24.2 Å². The van der Waals surface area contributed by atoms with Crippen molar-refractivity contribution in [3.8, 4) is 0 Å². The lowest BCUT2D eigenvalue weighted by Gasteiger charge is -2.33. The summed E-state index contributed by atoms with van der Waals surface area (Å²) in [6.45, 7) is 3.15. The van der Waals surface area contributed by atoms with Crippen LogP contribution in [0.4, 0.5) is 0 Å². The quantitative estimate of drug-likeness (QED) is 0.825. The molecule has 22 heavy (non-hydrogen) atoms. The first-order valence-electron chi connectivity index (χ1n) is 8.40. The third-order valence-electron chi connectivity index (χ3n) is 4.72. The molecular formula is C16H30ClN3O2. The number of carbonyl (C=O) groups excluding carboxylic acids is 2. The van der Waals surface area contributed by atoms with Crippen molar-refractivity contribution in [1.29, 1.82) is 0 Å². The van der Waals surface area contributed by atoms with Gasteiger partial charge < -0.3 is 16.0 Å². The Hall–Kier alpha value is -0.810. The van der Waals surface area contributed by atoms with Crippen LogP contribution in [0.15, 0.2) is 0 Å². The Kier molecular flexibility index (Phi) is 8.18. The zero-order valence-electron chi connectivity index (χ0n) is 13.6. The van der Waals surface area contributed by atoms with Gasteiger partial charge in [-0.3, -0.25) is 9.59 Å². The number of amides is 2. The molecule has 2 amide bonds. The molecule has 6 heteroatoms. The van der Waals surface area contributed by atoms with Gasteiger partial charge in [0.2, 0.25) is 11.8 Å². The minimum atomic E-state index is -0.439. The van der Waals surface area contributed by atoms with Crippen molar-refractivity contribution in [3.63, 3.8) is 0 Å². The summed E-state index contributed by atoms with van der Waals surface area (Å²) in [5.41, 5.74) is 5.91. The van der Waals surface area contributed by atoms with Crippen LogP contribution in [0, 0.1) is 5.92 Å². The van der Waals surface area contributed by atoms with Crippen molar-refractivity contribution in [1.82, 2.24) is 10.2 Å². The van der Waals surface area contributed by atoms with Crippen LogP contribution in [0.1, 0.15) is 58.3 Å². The van der Waals surface area contributed by atoms with E-state index in [0.717, 1.165) is 32.2 Å². The van der Waals surface area contributed by atoms with Gasteiger partial charge in [-0.1, -0.05) is 19.3 Å². The molecule has 0 spiro atoms. The summed E-state index contributed by atoms with van der Waals surface area (Å²) in [4.78, 5) is 26.2. The molecule has 0 aromatic heterocycles. The fraction of sp³-hybridized carbons (Fsp3) is 0.875. The lowest BCUT2D eigenvalue weighted by Crippen LogP contribution is -2.52. The van der Waals surface area contributed by atoms with Crippen LogP contribution < -0.4 is 11.1 Å². The van der Waals surface area contributed by atoms with Gasteiger partial charge in [0.15, 0.2) is 0 Å². The molecule has 2 atom stereocenters. The topological polar surface area (TPSA) is 75.4 Å². The normalized spacial score (nSPS) is 24.3. The Labute approximate surface area is 139 Å². The van der Waals surface area contributed by atoms with Crippen LogP contribution in [0.3, 0.4) is 0 Å². The molecule has 0 aromatic rings. The smallest absolute Gasteiger partial charge is 0.244 e. The standard InChI is InChI=1S/C16H29N3O2.ClH/c1-12(16(21)19-9-5-8-14(17)11-19)18-15(20)10-13-6-3-2-4-7-13;/h12-14H,2-11,17H2,1H3,(H,18,20);1H. The number of hydrogen-bond acceptors (Lipinski definition) is 3. The minimum absolute atomic E-state index is 0. The first-order valence-corrected chi connectivity index (χ1v) is 8.40. The van der Waals surface area contributed by atoms with E-state index in [4.69, 9.17) is 5.73 Å². The number of carbonyl (C=O) groups is 2. The van der Waals surface area contributed by atoms with Crippen molar-refractivity contribution in [2.45, 2.75) is 70.4 Å². The highest BCUT2D eigenvalue weighted by Crippen LogP contribution is 2.26. The number of nitrogens with one attached hydrogen (secondary N) is 1. The van der Waals surface area contributed by atoms with Crippen molar-refractivity contribution < 1.29 is 9.59 Å². The predicted molar refractivity (Wildman–Crippen MR) is 89.8 cm³/mol. The highest BCUT2D eigenvalue weighted by atomic mass is 35.5. The monoisotopic (exact) mass is 331 g/mol. The van der Waals surface area contributed by atoms with Crippen LogP contribution in [0.2, 0.25) is 0 Å². The van der Waals surface area contributed by atoms with E-state index in [1.165, 1.54) is 19.3 Å². The first kappa shape index (κ1) is 19.2. The molecule has 1 aliphatic carbocycles. The van der Waals surface area contributed by atoms with Crippen LogP contribution in [0.25, 0.3) is 0 Å². The molecule has 0 aromatic carbocycles. The molecule has 1 heterocycles. The fourth-order valence-corrected chi connectivity index (χ4v) is 3.50. The zero-order valence-corrected chi connectivity index (χ0v) is 14.4. The van der Waals surface area contributed by atoms with Crippen molar-refractivity contribution in [2.24, 2.45) is 11.7 Å². The molecule has 5 nitrogen and oxygen atoms in total. The van der Waals surface area contributed by atoms with E-state index in [2.05, 4.69) is 5.32 Å². The molecule has 2 unspecified atom stereocenters. The Morgan fingerprint density at radius 1 is 1.18 bits per heavy atom. The predicted octanol–water partition coefficient (Wildman–Crippen LogP) is 1.83. The maximum absolute atomic E-state index is 12.3. The number of hydrogen-bond donors (Lipinski definition) is 2. The number of nitrogens with zero attached hydrogens (tertiary/aromatic N) is 1. The van der Waals surface area contributed by atoms with Gasteiger partial charge >= 0.3 is 0 Å². The molecular weight excluding hydrogens is 302 g/mol. The number of piperidine rings is 1. The minimum Gasteiger partial charge on any atom is -0.345 e. The second-order valence-electron chi connectivity index (χ2n) is 6.68. The van der Waals surface area contributed by atoms with Gasteiger partial charge in [-0.25, -0.2) is 0 Å². The summed E-state index contributed by atoms with van der Waals surface area (Å²) >= 11 is 0. The zero-order chi connectivity index (χ0) is 15.2. The van der Waals surface area contributed by atoms with E-state index in [9.17, 15) is 9.59 Å². The number of likely N-dealkylation sites (tertiary alicyclic amines) is 1. The van der Waals surface area contributed by atoms with E-state index >= 15 is 0 Å².